The van der Waals surface area contributed by atoms with Gasteiger partial charge in [0.1, 0.15) is 0 Å². The van der Waals surface area contributed by atoms with Crippen LogP contribution >= 0.6 is 0 Å². The van der Waals surface area contributed by atoms with Gasteiger partial charge in [0.05, 0.1) is 12.7 Å². The highest BCUT2D eigenvalue weighted by Gasteiger charge is 2.34. The second kappa shape index (κ2) is 10.9. The van der Waals surface area contributed by atoms with E-state index in [1.165, 1.54) is 64.2 Å². The maximum atomic E-state index is 5.99. The molecule has 3 aliphatic carbocycles. The van der Waals surface area contributed by atoms with Crippen LogP contribution in [-0.4, -0.2) is 12.7 Å². The Kier molecular flexibility index (Phi) is 8.56. The van der Waals surface area contributed by atoms with Crippen LogP contribution in [0.2, 0.25) is 0 Å². The molecular weight excluding hydrogens is 316 g/mol. The van der Waals surface area contributed by atoms with Gasteiger partial charge in [0.2, 0.25) is 0 Å². The number of hydrogen-bond donors (Lipinski definition) is 0. The molecule has 0 spiro atoms. The average Bonchev–Trinajstić information content (AvgIpc) is 2.70. The molecule has 0 unspecified atom stereocenters. The SMILES string of the molecule is CC=CCOC1CCC(C2CCC(C3CCC(CCC)CC3)CC2)CC1. The molecule has 0 aromatic rings. The zero-order valence-corrected chi connectivity index (χ0v) is 17.6. The van der Waals surface area contributed by atoms with E-state index in [1.54, 1.807) is 25.7 Å². The van der Waals surface area contributed by atoms with Gasteiger partial charge in [0.25, 0.3) is 0 Å². The summed E-state index contributed by atoms with van der Waals surface area (Å²) in [4.78, 5) is 0. The molecule has 3 aliphatic rings. The lowest BCUT2D eigenvalue weighted by Gasteiger charge is -2.41. The first-order chi connectivity index (χ1) is 12.8. The predicted octanol–water partition coefficient (Wildman–Crippen LogP) is 7.55. The molecule has 0 aromatic carbocycles. The van der Waals surface area contributed by atoms with E-state index in [2.05, 4.69) is 26.0 Å². The summed E-state index contributed by atoms with van der Waals surface area (Å²) in [6.45, 7) is 5.25. The highest BCUT2D eigenvalue weighted by molar-refractivity contribution is 4.86. The van der Waals surface area contributed by atoms with Crippen molar-refractivity contribution in [3.63, 3.8) is 0 Å². The Labute approximate surface area is 163 Å². The van der Waals surface area contributed by atoms with Crippen LogP contribution in [0, 0.1) is 29.6 Å². The summed E-state index contributed by atoms with van der Waals surface area (Å²) in [7, 11) is 0. The lowest BCUT2D eigenvalue weighted by molar-refractivity contribution is 0.0187. The van der Waals surface area contributed by atoms with E-state index >= 15 is 0 Å². The van der Waals surface area contributed by atoms with E-state index in [9.17, 15) is 0 Å². The van der Waals surface area contributed by atoms with E-state index < -0.39 is 0 Å². The molecule has 0 bridgehead atoms. The largest absolute Gasteiger partial charge is 0.374 e. The maximum absolute atomic E-state index is 5.99. The lowest BCUT2D eigenvalue weighted by Crippen LogP contribution is -2.31. The van der Waals surface area contributed by atoms with Crippen molar-refractivity contribution < 1.29 is 4.74 Å². The fourth-order valence-electron chi connectivity index (χ4n) is 6.46. The number of ether oxygens (including phenoxy) is 1. The summed E-state index contributed by atoms with van der Waals surface area (Å²) >= 11 is 0. The number of allylic oxidation sites excluding steroid dienone is 1. The van der Waals surface area contributed by atoms with Crippen LogP contribution in [0.3, 0.4) is 0 Å². The molecule has 1 heteroatoms. The minimum Gasteiger partial charge on any atom is -0.374 e. The Balaban J connectivity index is 1.33. The Morgan fingerprint density at radius 1 is 0.692 bits per heavy atom. The van der Waals surface area contributed by atoms with Crippen LogP contribution in [0.5, 0.6) is 0 Å². The van der Waals surface area contributed by atoms with Gasteiger partial charge in [-0.3, -0.25) is 0 Å². The maximum Gasteiger partial charge on any atom is 0.0651 e. The first-order valence-electron chi connectivity index (χ1n) is 12.0. The monoisotopic (exact) mass is 360 g/mol. The molecule has 3 fully saturated rings. The second-order valence-electron chi connectivity index (χ2n) is 9.68. The summed E-state index contributed by atoms with van der Waals surface area (Å²) in [6, 6.07) is 0. The standard InChI is InChI=1S/C25H44O/c1-3-5-19-26-25-17-15-24(16-18-25)23-13-11-22(12-14-23)21-9-7-20(6-4-2)8-10-21/h3,5,20-25H,4,6-19H2,1-2H3. The van der Waals surface area contributed by atoms with Crippen molar-refractivity contribution in [1.29, 1.82) is 0 Å². The van der Waals surface area contributed by atoms with Gasteiger partial charge in [-0.25, -0.2) is 0 Å². The van der Waals surface area contributed by atoms with Crippen LogP contribution in [0.1, 0.15) is 104 Å². The molecule has 0 aromatic heterocycles. The smallest absolute Gasteiger partial charge is 0.0651 e. The van der Waals surface area contributed by atoms with Gasteiger partial charge >= 0.3 is 0 Å². The van der Waals surface area contributed by atoms with E-state index in [0.717, 1.165) is 36.2 Å². The molecule has 150 valence electrons. The van der Waals surface area contributed by atoms with Gasteiger partial charge in [-0.15, -0.1) is 0 Å². The third-order valence-electron chi connectivity index (χ3n) is 8.12. The van der Waals surface area contributed by atoms with Crippen molar-refractivity contribution in [2.75, 3.05) is 6.61 Å². The molecule has 0 atom stereocenters. The normalized spacial score (nSPS) is 39.3. The highest BCUT2D eigenvalue weighted by atomic mass is 16.5. The van der Waals surface area contributed by atoms with Crippen LogP contribution in [0.25, 0.3) is 0 Å². The highest BCUT2D eigenvalue weighted by Crippen LogP contribution is 2.45. The van der Waals surface area contributed by atoms with Crippen molar-refractivity contribution in [3.05, 3.63) is 12.2 Å². The molecule has 3 rings (SSSR count). The summed E-state index contributed by atoms with van der Waals surface area (Å²) in [6.07, 6.45) is 25.5. The third-order valence-corrected chi connectivity index (χ3v) is 8.12. The van der Waals surface area contributed by atoms with Gasteiger partial charge < -0.3 is 4.74 Å². The Morgan fingerprint density at radius 2 is 1.15 bits per heavy atom. The molecule has 0 aliphatic heterocycles. The Hall–Kier alpha value is -0.300. The van der Waals surface area contributed by atoms with Crippen LogP contribution in [0.15, 0.2) is 12.2 Å². The molecule has 0 saturated heterocycles. The topological polar surface area (TPSA) is 9.23 Å². The van der Waals surface area contributed by atoms with E-state index in [-0.39, 0.29) is 0 Å². The fourth-order valence-corrected chi connectivity index (χ4v) is 6.46. The fraction of sp³-hybridized carbons (Fsp3) is 0.920. The zero-order chi connectivity index (χ0) is 18.2. The van der Waals surface area contributed by atoms with Gasteiger partial charge in [-0.1, -0.05) is 44.8 Å². The van der Waals surface area contributed by atoms with Crippen LogP contribution < -0.4 is 0 Å². The van der Waals surface area contributed by atoms with Gasteiger partial charge in [0.15, 0.2) is 0 Å². The van der Waals surface area contributed by atoms with E-state index in [4.69, 9.17) is 4.74 Å². The van der Waals surface area contributed by atoms with E-state index in [0.29, 0.717) is 6.10 Å². The van der Waals surface area contributed by atoms with Gasteiger partial charge in [0, 0.05) is 0 Å². The number of rotatable bonds is 7. The minimum atomic E-state index is 0.539. The molecule has 0 N–H and O–H groups in total. The van der Waals surface area contributed by atoms with Crippen molar-refractivity contribution >= 4 is 0 Å². The first-order valence-corrected chi connectivity index (χ1v) is 12.0. The van der Waals surface area contributed by atoms with Crippen molar-refractivity contribution in [1.82, 2.24) is 0 Å². The van der Waals surface area contributed by atoms with Crippen LogP contribution in [0.4, 0.5) is 0 Å². The molecule has 0 amide bonds. The molecule has 3 saturated carbocycles. The quantitative estimate of drug-likeness (QED) is 0.426. The van der Waals surface area contributed by atoms with Gasteiger partial charge in [-0.2, -0.15) is 0 Å². The van der Waals surface area contributed by atoms with Crippen LogP contribution in [-0.2, 0) is 4.74 Å². The van der Waals surface area contributed by atoms with Crippen molar-refractivity contribution in [3.8, 4) is 0 Å². The minimum absolute atomic E-state index is 0.539. The third kappa shape index (κ3) is 5.85. The predicted molar refractivity (Wildman–Crippen MR) is 112 cm³/mol. The van der Waals surface area contributed by atoms with Gasteiger partial charge in [-0.05, 0) is 101 Å². The molecule has 1 nitrogen and oxygen atoms in total. The molecular formula is C25H44O. The van der Waals surface area contributed by atoms with Crippen molar-refractivity contribution in [2.24, 2.45) is 29.6 Å². The number of hydrogen-bond acceptors (Lipinski definition) is 1. The molecule has 0 heterocycles. The summed E-state index contributed by atoms with van der Waals surface area (Å²) in [5, 5.41) is 0. The summed E-state index contributed by atoms with van der Waals surface area (Å²) in [5.74, 6) is 5.28. The first kappa shape index (κ1) is 20.4. The second-order valence-corrected chi connectivity index (χ2v) is 9.68. The summed E-state index contributed by atoms with van der Waals surface area (Å²) < 4.78 is 5.99. The van der Waals surface area contributed by atoms with Crippen molar-refractivity contribution in [2.45, 2.75) is 110 Å². The Bertz CT molecular complexity index is 390. The summed E-state index contributed by atoms with van der Waals surface area (Å²) in [5.41, 5.74) is 0. The Morgan fingerprint density at radius 3 is 1.62 bits per heavy atom. The average molecular weight is 361 g/mol. The lowest BCUT2D eigenvalue weighted by atomic mass is 9.65. The molecule has 0 radical (unpaired) electrons. The van der Waals surface area contributed by atoms with E-state index in [1.807, 2.05) is 0 Å². The molecule has 26 heavy (non-hydrogen) atoms. The zero-order valence-electron chi connectivity index (χ0n) is 17.6.